The third kappa shape index (κ3) is 2.29. The van der Waals surface area contributed by atoms with E-state index in [1.54, 1.807) is 7.05 Å². The largest absolute Gasteiger partial charge is 0.365 e. The first-order valence-electron chi connectivity index (χ1n) is 5.27. The average molecular weight is 229 g/mol. The number of hydrogen-bond donors (Lipinski definition) is 1. The maximum absolute atomic E-state index is 13.4. The van der Waals surface area contributed by atoms with Gasteiger partial charge in [-0.15, -0.1) is 0 Å². The SMILES string of the molecule is CNc1nc(F)c(CN2CCCC2C)s1. The predicted molar refractivity (Wildman–Crippen MR) is 60.7 cm³/mol. The van der Waals surface area contributed by atoms with Gasteiger partial charge in [0.25, 0.3) is 0 Å². The van der Waals surface area contributed by atoms with Crippen molar-refractivity contribution in [1.29, 1.82) is 0 Å². The lowest BCUT2D eigenvalue weighted by molar-refractivity contribution is 0.259. The van der Waals surface area contributed by atoms with Crippen molar-refractivity contribution in [1.82, 2.24) is 9.88 Å². The van der Waals surface area contributed by atoms with Crippen LogP contribution in [0, 0.1) is 5.95 Å². The third-order valence-corrected chi connectivity index (χ3v) is 3.93. The number of hydrogen-bond acceptors (Lipinski definition) is 4. The van der Waals surface area contributed by atoms with Gasteiger partial charge in [-0.3, -0.25) is 4.90 Å². The minimum absolute atomic E-state index is 0.316. The van der Waals surface area contributed by atoms with Crippen LogP contribution in [-0.2, 0) is 6.54 Å². The van der Waals surface area contributed by atoms with Gasteiger partial charge in [0.1, 0.15) is 0 Å². The molecule has 1 saturated heterocycles. The highest BCUT2D eigenvalue weighted by atomic mass is 32.1. The summed E-state index contributed by atoms with van der Waals surface area (Å²) in [5.41, 5.74) is 0. The van der Waals surface area contributed by atoms with E-state index in [-0.39, 0.29) is 5.95 Å². The average Bonchev–Trinajstić information content (AvgIpc) is 2.76. The molecule has 84 valence electrons. The Labute approximate surface area is 93.3 Å². The molecule has 0 bridgehead atoms. The quantitative estimate of drug-likeness (QED) is 0.862. The molecule has 1 atom stereocenters. The Morgan fingerprint density at radius 3 is 3.00 bits per heavy atom. The molecule has 0 saturated carbocycles. The van der Waals surface area contributed by atoms with Crippen molar-refractivity contribution in [2.24, 2.45) is 0 Å². The van der Waals surface area contributed by atoms with Crippen LogP contribution in [0.3, 0.4) is 0 Å². The standard InChI is InChI=1S/C10H16FN3S/c1-7-4-3-5-14(7)6-8-9(11)13-10(12-2)15-8/h7H,3-6H2,1-2H3,(H,12,13). The first-order valence-corrected chi connectivity index (χ1v) is 6.09. The van der Waals surface area contributed by atoms with Gasteiger partial charge in [-0.05, 0) is 26.3 Å². The van der Waals surface area contributed by atoms with Crippen LogP contribution in [-0.4, -0.2) is 29.5 Å². The predicted octanol–water partition coefficient (Wildman–Crippen LogP) is 2.31. The smallest absolute Gasteiger partial charge is 0.230 e. The summed E-state index contributed by atoms with van der Waals surface area (Å²) in [6.07, 6.45) is 2.44. The number of nitrogens with one attached hydrogen (secondary N) is 1. The fraction of sp³-hybridized carbons (Fsp3) is 0.700. The van der Waals surface area contributed by atoms with Gasteiger partial charge in [0.05, 0.1) is 4.88 Å². The van der Waals surface area contributed by atoms with Gasteiger partial charge in [-0.25, -0.2) is 0 Å². The van der Waals surface area contributed by atoms with Crippen molar-refractivity contribution >= 4 is 16.5 Å². The minimum atomic E-state index is -0.316. The van der Waals surface area contributed by atoms with E-state index in [9.17, 15) is 4.39 Å². The van der Waals surface area contributed by atoms with Gasteiger partial charge in [0.15, 0.2) is 5.13 Å². The molecule has 5 heteroatoms. The molecule has 0 amide bonds. The van der Waals surface area contributed by atoms with Crippen LogP contribution in [0.25, 0.3) is 0 Å². The summed E-state index contributed by atoms with van der Waals surface area (Å²) in [6.45, 7) is 3.98. The second-order valence-corrected chi connectivity index (χ2v) is 5.03. The van der Waals surface area contributed by atoms with Crippen molar-refractivity contribution in [2.45, 2.75) is 32.4 Å². The Kier molecular flexibility index (Phi) is 3.21. The number of thiazole rings is 1. The van der Waals surface area contributed by atoms with Crippen LogP contribution >= 0.6 is 11.3 Å². The van der Waals surface area contributed by atoms with Crippen LogP contribution in [0.1, 0.15) is 24.6 Å². The van der Waals surface area contributed by atoms with E-state index in [1.807, 2.05) is 0 Å². The summed E-state index contributed by atoms with van der Waals surface area (Å²) in [4.78, 5) is 6.87. The number of anilines is 1. The zero-order valence-electron chi connectivity index (χ0n) is 9.09. The van der Waals surface area contributed by atoms with E-state index < -0.39 is 0 Å². The molecule has 1 unspecified atom stereocenters. The van der Waals surface area contributed by atoms with Gasteiger partial charge in [-0.1, -0.05) is 11.3 Å². The maximum Gasteiger partial charge on any atom is 0.230 e. The summed E-state index contributed by atoms with van der Waals surface area (Å²) in [7, 11) is 1.76. The third-order valence-electron chi connectivity index (χ3n) is 2.90. The molecular weight excluding hydrogens is 213 g/mol. The van der Waals surface area contributed by atoms with E-state index in [2.05, 4.69) is 22.1 Å². The molecule has 1 aromatic rings. The molecule has 1 aliphatic rings. The van der Waals surface area contributed by atoms with E-state index in [1.165, 1.54) is 24.2 Å². The Balaban J connectivity index is 2.06. The molecule has 0 radical (unpaired) electrons. The molecule has 0 aromatic carbocycles. The molecule has 0 spiro atoms. The van der Waals surface area contributed by atoms with Gasteiger partial charge in [-0.2, -0.15) is 9.37 Å². The molecule has 1 aliphatic heterocycles. The van der Waals surface area contributed by atoms with E-state index in [0.29, 0.717) is 17.7 Å². The highest BCUT2D eigenvalue weighted by molar-refractivity contribution is 7.15. The number of rotatable bonds is 3. The lowest BCUT2D eigenvalue weighted by Crippen LogP contribution is -2.26. The molecule has 15 heavy (non-hydrogen) atoms. The van der Waals surface area contributed by atoms with E-state index in [4.69, 9.17) is 0 Å². The second kappa shape index (κ2) is 4.45. The van der Waals surface area contributed by atoms with Crippen LogP contribution in [0.5, 0.6) is 0 Å². The highest BCUT2D eigenvalue weighted by Gasteiger charge is 2.22. The second-order valence-electron chi connectivity index (χ2n) is 3.94. The van der Waals surface area contributed by atoms with Gasteiger partial charge >= 0.3 is 0 Å². The first kappa shape index (κ1) is 10.8. The summed E-state index contributed by atoms with van der Waals surface area (Å²) in [6, 6.07) is 0.574. The number of nitrogens with zero attached hydrogens (tertiary/aromatic N) is 2. The Hall–Kier alpha value is -0.680. The lowest BCUT2D eigenvalue weighted by Gasteiger charge is -2.19. The number of halogens is 1. The van der Waals surface area contributed by atoms with Gasteiger partial charge in [0.2, 0.25) is 5.95 Å². The molecule has 0 aliphatic carbocycles. The highest BCUT2D eigenvalue weighted by Crippen LogP contribution is 2.26. The summed E-state index contributed by atoms with van der Waals surface area (Å²) < 4.78 is 13.4. The zero-order valence-corrected chi connectivity index (χ0v) is 9.90. The van der Waals surface area contributed by atoms with Crippen molar-refractivity contribution < 1.29 is 4.39 Å². The van der Waals surface area contributed by atoms with Crippen molar-refractivity contribution in [3.05, 3.63) is 10.8 Å². The minimum Gasteiger partial charge on any atom is -0.365 e. The van der Waals surface area contributed by atoms with E-state index >= 15 is 0 Å². The molecule has 1 fully saturated rings. The van der Waals surface area contributed by atoms with Crippen molar-refractivity contribution in [3.8, 4) is 0 Å². The normalized spacial score (nSPS) is 22.2. The maximum atomic E-state index is 13.4. The zero-order chi connectivity index (χ0) is 10.8. The van der Waals surface area contributed by atoms with Crippen molar-refractivity contribution in [2.75, 3.05) is 18.9 Å². The monoisotopic (exact) mass is 229 g/mol. The number of aromatic nitrogens is 1. The van der Waals surface area contributed by atoms with E-state index in [0.717, 1.165) is 11.4 Å². The lowest BCUT2D eigenvalue weighted by atomic mass is 10.2. The molecular formula is C10H16FN3S. The molecule has 2 heterocycles. The Morgan fingerprint density at radius 2 is 2.47 bits per heavy atom. The Bertz CT molecular complexity index is 339. The van der Waals surface area contributed by atoms with Gasteiger partial charge < -0.3 is 5.32 Å². The fourth-order valence-corrected chi connectivity index (χ4v) is 2.77. The molecule has 2 rings (SSSR count). The van der Waals surface area contributed by atoms with Crippen LogP contribution in [0.15, 0.2) is 0 Å². The number of likely N-dealkylation sites (tertiary alicyclic amines) is 1. The fourth-order valence-electron chi connectivity index (χ4n) is 1.95. The van der Waals surface area contributed by atoms with Crippen LogP contribution in [0.2, 0.25) is 0 Å². The topological polar surface area (TPSA) is 28.2 Å². The van der Waals surface area contributed by atoms with Crippen molar-refractivity contribution in [3.63, 3.8) is 0 Å². The molecule has 1 N–H and O–H groups in total. The molecule has 1 aromatic heterocycles. The van der Waals surface area contributed by atoms with Crippen LogP contribution in [0.4, 0.5) is 9.52 Å². The summed E-state index contributed by atoms with van der Waals surface area (Å²) in [5.74, 6) is -0.316. The Morgan fingerprint density at radius 1 is 1.67 bits per heavy atom. The van der Waals surface area contributed by atoms with Gasteiger partial charge in [0, 0.05) is 19.6 Å². The van der Waals surface area contributed by atoms with Crippen LogP contribution < -0.4 is 5.32 Å². The summed E-state index contributed by atoms with van der Waals surface area (Å²) in [5, 5.41) is 3.53. The first-order chi connectivity index (χ1) is 7.20. The summed E-state index contributed by atoms with van der Waals surface area (Å²) >= 11 is 1.41. The molecule has 3 nitrogen and oxygen atoms in total.